The summed E-state index contributed by atoms with van der Waals surface area (Å²) in [5.41, 5.74) is 1.36. The van der Waals surface area contributed by atoms with E-state index in [2.05, 4.69) is 31.4 Å². The van der Waals surface area contributed by atoms with E-state index in [4.69, 9.17) is 0 Å². The van der Waals surface area contributed by atoms with Gasteiger partial charge in [0.05, 0.1) is 23.0 Å². The number of H-pyrrole nitrogens is 1. The third-order valence-electron chi connectivity index (χ3n) is 2.92. The van der Waals surface area contributed by atoms with Crippen molar-refractivity contribution in [2.45, 2.75) is 0 Å². The Labute approximate surface area is 122 Å². The van der Waals surface area contributed by atoms with Crippen molar-refractivity contribution in [1.82, 2.24) is 10.2 Å². The number of aromatic nitrogens is 2. The molecule has 3 aromatic rings. The minimum absolute atomic E-state index is 0.0204. The summed E-state index contributed by atoms with van der Waals surface area (Å²) in [5.74, 6) is -1.08. The lowest BCUT2D eigenvalue weighted by molar-refractivity contribution is 0.102. The summed E-state index contributed by atoms with van der Waals surface area (Å²) in [6, 6.07) is 9.77. The Bertz CT molecular complexity index is 780. The van der Waals surface area contributed by atoms with Gasteiger partial charge in [-0.05, 0) is 40.2 Å². The molecule has 0 saturated heterocycles. The summed E-state index contributed by atoms with van der Waals surface area (Å²) in [4.78, 5) is 12.2. The third kappa shape index (κ3) is 2.18. The van der Waals surface area contributed by atoms with E-state index in [0.29, 0.717) is 10.2 Å². The van der Waals surface area contributed by atoms with Gasteiger partial charge >= 0.3 is 0 Å². The molecule has 0 saturated carbocycles. The fourth-order valence-electron chi connectivity index (χ4n) is 1.98. The largest absolute Gasteiger partial charge is 0.321 e. The van der Waals surface area contributed by atoms with Crippen molar-refractivity contribution in [2.24, 2.45) is 0 Å². The first kappa shape index (κ1) is 12.8. The highest BCUT2D eigenvalue weighted by molar-refractivity contribution is 9.10. The highest BCUT2D eigenvalue weighted by Crippen LogP contribution is 2.24. The molecule has 0 fully saturated rings. The van der Waals surface area contributed by atoms with E-state index in [1.807, 2.05) is 6.07 Å². The Hall–Kier alpha value is -2.21. The van der Waals surface area contributed by atoms with E-state index in [1.165, 1.54) is 12.1 Å². The molecular weight excluding hydrogens is 325 g/mol. The molecule has 1 heterocycles. The fraction of sp³-hybridized carbons (Fsp3) is 0. The van der Waals surface area contributed by atoms with Crippen molar-refractivity contribution < 1.29 is 9.18 Å². The van der Waals surface area contributed by atoms with E-state index in [1.54, 1.807) is 24.4 Å². The average Bonchev–Trinajstić information content (AvgIpc) is 2.88. The lowest BCUT2D eigenvalue weighted by atomic mass is 10.1. The highest BCUT2D eigenvalue weighted by atomic mass is 79.9. The zero-order valence-corrected chi connectivity index (χ0v) is 11.7. The van der Waals surface area contributed by atoms with Gasteiger partial charge in [-0.2, -0.15) is 5.10 Å². The van der Waals surface area contributed by atoms with Crippen LogP contribution in [0.2, 0.25) is 0 Å². The van der Waals surface area contributed by atoms with Crippen LogP contribution in [-0.4, -0.2) is 16.1 Å². The van der Waals surface area contributed by atoms with Crippen molar-refractivity contribution in [3.8, 4) is 0 Å². The molecule has 4 nitrogen and oxygen atoms in total. The summed E-state index contributed by atoms with van der Waals surface area (Å²) < 4.78 is 14.2. The van der Waals surface area contributed by atoms with Crippen molar-refractivity contribution in [3.05, 3.63) is 58.4 Å². The molecule has 1 amide bonds. The second-order valence-corrected chi connectivity index (χ2v) is 5.04. The maximum atomic E-state index is 13.7. The van der Waals surface area contributed by atoms with Gasteiger partial charge in [-0.3, -0.25) is 9.89 Å². The SMILES string of the molecule is O=C(Nc1cccc2[nH]ncc12)c1c(F)cccc1Br. The Morgan fingerprint density at radius 1 is 1.25 bits per heavy atom. The first-order chi connectivity index (χ1) is 9.66. The second-order valence-electron chi connectivity index (χ2n) is 4.19. The quantitative estimate of drug-likeness (QED) is 0.750. The van der Waals surface area contributed by atoms with Crippen LogP contribution < -0.4 is 5.32 Å². The van der Waals surface area contributed by atoms with Gasteiger partial charge < -0.3 is 5.32 Å². The number of rotatable bonds is 2. The third-order valence-corrected chi connectivity index (χ3v) is 3.58. The van der Waals surface area contributed by atoms with Crippen molar-refractivity contribution >= 4 is 38.4 Å². The van der Waals surface area contributed by atoms with Gasteiger partial charge in [-0.1, -0.05) is 12.1 Å². The smallest absolute Gasteiger partial charge is 0.259 e. The number of nitrogens with one attached hydrogen (secondary N) is 2. The summed E-state index contributed by atoms with van der Waals surface area (Å²) in [7, 11) is 0. The summed E-state index contributed by atoms with van der Waals surface area (Å²) in [6.07, 6.45) is 1.61. The van der Waals surface area contributed by atoms with Crippen molar-refractivity contribution in [3.63, 3.8) is 0 Å². The lowest BCUT2D eigenvalue weighted by Gasteiger charge is -2.08. The predicted molar refractivity (Wildman–Crippen MR) is 78.1 cm³/mol. The maximum Gasteiger partial charge on any atom is 0.259 e. The molecular formula is C14H9BrFN3O. The van der Waals surface area contributed by atoms with Gasteiger partial charge in [0.2, 0.25) is 0 Å². The summed E-state index contributed by atoms with van der Waals surface area (Å²) in [6.45, 7) is 0. The van der Waals surface area contributed by atoms with Crippen molar-refractivity contribution in [2.75, 3.05) is 5.32 Å². The fourth-order valence-corrected chi connectivity index (χ4v) is 2.50. The molecule has 6 heteroatoms. The molecule has 0 unspecified atom stereocenters. The number of aromatic amines is 1. The van der Waals surface area contributed by atoms with E-state index in [0.717, 1.165) is 10.9 Å². The molecule has 0 aliphatic heterocycles. The zero-order valence-electron chi connectivity index (χ0n) is 10.2. The van der Waals surface area contributed by atoms with Crippen LogP contribution in [0.3, 0.4) is 0 Å². The molecule has 0 aliphatic rings. The van der Waals surface area contributed by atoms with Gasteiger partial charge in [0.25, 0.3) is 5.91 Å². The van der Waals surface area contributed by atoms with Gasteiger partial charge in [-0.15, -0.1) is 0 Å². The topological polar surface area (TPSA) is 57.8 Å². The molecule has 20 heavy (non-hydrogen) atoms. The number of hydrogen-bond acceptors (Lipinski definition) is 2. The molecule has 0 atom stereocenters. The molecule has 2 N–H and O–H groups in total. The number of amides is 1. The number of carbonyl (C=O) groups excluding carboxylic acids is 1. The van der Waals surface area contributed by atoms with Crippen LogP contribution in [0.25, 0.3) is 10.9 Å². The molecule has 0 spiro atoms. The second kappa shape index (κ2) is 5.05. The number of fused-ring (bicyclic) bond motifs is 1. The van der Waals surface area contributed by atoms with Crippen molar-refractivity contribution in [1.29, 1.82) is 0 Å². The van der Waals surface area contributed by atoms with Crippen LogP contribution in [0.15, 0.2) is 47.1 Å². The number of halogens is 2. The number of benzene rings is 2. The standard InChI is InChI=1S/C14H9BrFN3O/c15-9-3-1-4-10(16)13(9)14(20)18-11-5-2-6-12-8(11)7-17-19-12/h1-7H,(H,17,19)(H,18,20). The first-order valence-electron chi connectivity index (χ1n) is 5.84. The van der Waals surface area contributed by atoms with E-state index in [-0.39, 0.29) is 5.56 Å². The Balaban J connectivity index is 1.99. The van der Waals surface area contributed by atoms with E-state index >= 15 is 0 Å². The predicted octanol–water partition coefficient (Wildman–Crippen LogP) is 3.72. The summed E-state index contributed by atoms with van der Waals surface area (Å²) >= 11 is 3.18. The minimum atomic E-state index is -0.573. The van der Waals surface area contributed by atoms with E-state index in [9.17, 15) is 9.18 Å². The van der Waals surface area contributed by atoms with E-state index < -0.39 is 11.7 Å². The Morgan fingerprint density at radius 3 is 2.85 bits per heavy atom. The van der Waals surface area contributed by atoms with Crippen LogP contribution in [0.4, 0.5) is 10.1 Å². The molecule has 3 rings (SSSR count). The monoisotopic (exact) mass is 333 g/mol. The number of nitrogens with zero attached hydrogens (tertiary/aromatic N) is 1. The van der Waals surface area contributed by atoms with Gasteiger partial charge in [0.1, 0.15) is 5.82 Å². The maximum absolute atomic E-state index is 13.7. The zero-order chi connectivity index (χ0) is 14.1. The molecule has 100 valence electrons. The minimum Gasteiger partial charge on any atom is -0.321 e. The highest BCUT2D eigenvalue weighted by Gasteiger charge is 2.16. The first-order valence-corrected chi connectivity index (χ1v) is 6.63. The molecule has 1 aromatic heterocycles. The van der Waals surface area contributed by atoms with Crippen LogP contribution in [0, 0.1) is 5.82 Å². The summed E-state index contributed by atoms with van der Waals surface area (Å²) in [5, 5.41) is 10.2. The molecule has 0 aliphatic carbocycles. The number of anilines is 1. The van der Waals surface area contributed by atoms with Crippen LogP contribution in [0.1, 0.15) is 10.4 Å². The number of hydrogen-bond donors (Lipinski definition) is 2. The van der Waals surface area contributed by atoms with Crippen LogP contribution in [0.5, 0.6) is 0 Å². The molecule has 2 aromatic carbocycles. The van der Waals surface area contributed by atoms with Gasteiger partial charge in [0.15, 0.2) is 0 Å². The molecule has 0 radical (unpaired) electrons. The normalized spacial score (nSPS) is 10.7. The van der Waals surface area contributed by atoms with Crippen LogP contribution >= 0.6 is 15.9 Å². The lowest BCUT2D eigenvalue weighted by Crippen LogP contribution is -2.14. The molecule has 0 bridgehead atoms. The average molecular weight is 334 g/mol. The Morgan fingerprint density at radius 2 is 2.05 bits per heavy atom. The Kier molecular flexibility index (Phi) is 3.23. The van der Waals surface area contributed by atoms with Crippen LogP contribution in [-0.2, 0) is 0 Å². The van der Waals surface area contributed by atoms with Gasteiger partial charge in [-0.25, -0.2) is 4.39 Å². The number of carbonyl (C=O) groups is 1. The van der Waals surface area contributed by atoms with Gasteiger partial charge in [0, 0.05) is 9.86 Å².